The first-order valence-electron chi connectivity index (χ1n) is 5.81. The van der Waals surface area contributed by atoms with E-state index in [9.17, 15) is 13.2 Å². The molecule has 0 amide bonds. The third-order valence-electron chi connectivity index (χ3n) is 2.64. The van der Waals surface area contributed by atoms with Gasteiger partial charge in [0.25, 0.3) is 0 Å². The number of carbonyl (C=O) groups is 1. The largest absolute Gasteiger partial charge is 0.465 e. The summed E-state index contributed by atoms with van der Waals surface area (Å²) in [6.07, 6.45) is 0. The maximum absolute atomic E-state index is 11.3. The minimum atomic E-state index is -3.01. The number of carbonyl (C=O) groups excluding carboxylic acids is 1. The Morgan fingerprint density at radius 3 is 2.63 bits per heavy atom. The maximum Gasteiger partial charge on any atom is 0.337 e. The molecule has 19 heavy (non-hydrogen) atoms. The van der Waals surface area contributed by atoms with Gasteiger partial charge in [-0.15, -0.1) is 0 Å². The highest BCUT2D eigenvalue weighted by Crippen LogP contribution is 2.20. The average molecular weight is 286 g/mol. The number of hydrogen-bond donors (Lipinski definition) is 2. The molecule has 0 aromatic heterocycles. The third kappa shape index (κ3) is 4.44. The zero-order valence-corrected chi connectivity index (χ0v) is 11.8. The number of esters is 1. The van der Waals surface area contributed by atoms with Crippen molar-refractivity contribution in [2.24, 2.45) is 0 Å². The van der Waals surface area contributed by atoms with Crippen LogP contribution in [0.3, 0.4) is 0 Å². The first kappa shape index (κ1) is 15.3. The first-order chi connectivity index (χ1) is 8.89. The zero-order chi connectivity index (χ0) is 14.5. The Balaban J connectivity index is 2.68. The summed E-state index contributed by atoms with van der Waals surface area (Å²) in [6, 6.07) is 4.68. The maximum atomic E-state index is 11.3. The van der Waals surface area contributed by atoms with Crippen LogP contribution in [0, 0.1) is 0 Å². The minimum Gasteiger partial charge on any atom is -0.465 e. The van der Waals surface area contributed by atoms with Gasteiger partial charge in [0.05, 0.1) is 29.8 Å². The second kappa shape index (κ2) is 6.42. The first-order valence-corrected chi connectivity index (χ1v) is 7.64. The number of rotatable bonds is 6. The Morgan fingerprint density at radius 2 is 2.11 bits per heavy atom. The Bertz CT molecular complexity index is 555. The SMILES string of the molecule is CCS(=O)(=O)CCNc1ccc(C(=O)OC)cc1N. The average Bonchev–Trinajstić information content (AvgIpc) is 2.39. The van der Waals surface area contributed by atoms with E-state index in [1.54, 1.807) is 19.1 Å². The lowest BCUT2D eigenvalue weighted by Crippen LogP contribution is -2.17. The summed E-state index contributed by atoms with van der Waals surface area (Å²) < 4.78 is 27.2. The molecule has 0 atom stereocenters. The molecule has 1 aromatic rings. The van der Waals surface area contributed by atoms with Crippen LogP contribution < -0.4 is 11.1 Å². The van der Waals surface area contributed by atoms with E-state index in [0.29, 0.717) is 16.9 Å². The molecule has 106 valence electrons. The summed E-state index contributed by atoms with van der Waals surface area (Å²) in [5, 5.41) is 2.93. The van der Waals surface area contributed by atoms with Gasteiger partial charge in [-0.1, -0.05) is 6.92 Å². The molecule has 0 bridgehead atoms. The molecule has 0 spiro atoms. The fourth-order valence-corrected chi connectivity index (χ4v) is 2.16. The summed E-state index contributed by atoms with van der Waals surface area (Å²) >= 11 is 0. The lowest BCUT2D eigenvalue weighted by Gasteiger charge is -2.10. The number of nitrogen functional groups attached to an aromatic ring is 1. The molecule has 0 radical (unpaired) electrons. The standard InChI is InChI=1S/C12H18N2O4S/c1-3-19(16,17)7-6-14-11-5-4-9(8-10(11)13)12(15)18-2/h4-5,8,14H,3,6-7,13H2,1-2H3. The highest BCUT2D eigenvalue weighted by Gasteiger charge is 2.09. The number of methoxy groups -OCH3 is 1. The van der Waals surface area contributed by atoms with Crippen LogP contribution in [0.2, 0.25) is 0 Å². The summed E-state index contributed by atoms with van der Waals surface area (Å²) in [6.45, 7) is 1.88. The quantitative estimate of drug-likeness (QED) is 0.595. The predicted molar refractivity (Wildman–Crippen MR) is 75.0 cm³/mol. The Labute approximate surface area is 112 Å². The van der Waals surface area contributed by atoms with E-state index in [1.807, 2.05) is 0 Å². The van der Waals surface area contributed by atoms with Crippen LogP contribution in [-0.4, -0.2) is 39.5 Å². The van der Waals surface area contributed by atoms with Crippen molar-refractivity contribution in [3.05, 3.63) is 23.8 Å². The number of ether oxygens (including phenoxy) is 1. The number of hydrogen-bond acceptors (Lipinski definition) is 6. The molecule has 0 aliphatic carbocycles. The van der Waals surface area contributed by atoms with Crippen LogP contribution >= 0.6 is 0 Å². The second-order valence-electron chi connectivity index (χ2n) is 3.96. The minimum absolute atomic E-state index is 0.0433. The molecule has 0 saturated heterocycles. The molecule has 7 heteroatoms. The summed E-state index contributed by atoms with van der Waals surface area (Å²) in [5.74, 6) is -0.306. The molecule has 6 nitrogen and oxygen atoms in total. The Morgan fingerprint density at radius 1 is 1.42 bits per heavy atom. The van der Waals surface area contributed by atoms with Crippen molar-refractivity contribution < 1.29 is 17.9 Å². The van der Waals surface area contributed by atoms with Crippen molar-refractivity contribution in [1.29, 1.82) is 0 Å². The highest BCUT2D eigenvalue weighted by atomic mass is 32.2. The van der Waals surface area contributed by atoms with Crippen LogP contribution in [0.5, 0.6) is 0 Å². The molecule has 0 saturated carbocycles. The molecular weight excluding hydrogens is 268 g/mol. The van der Waals surface area contributed by atoms with Crippen molar-refractivity contribution in [1.82, 2.24) is 0 Å². The van der Waals surface area contributed by atoms with Gasteiger partial charge in [-0.25, -0.2) is 13.2 Å². The molecule has 0 aliphatic rings. The van der Waals surface area contributed by atoms with Crippen molar-refractivity contribution >= 4 is 27.2 Å². The number of nitrogens with one attached hydrogen (secondary N) is 1. The second-order valence-corrected chi connectivity index (χ2v) is 6.43. The molecule has 1 rings (SSSR count). The number of anilines is 2. The van der Waals surface area contributed by atoms with Gasteiger partial charge < -0.3 is 15.8 Å². The normalized spacial score (nSPS) is 11.1. The van der Waals surface area contributed by atoms with Gasteiger partial charge in [-0.05, 0) is 18.2 Å². The molecule has 0 heterocycles. The van der Waals surface area contributed by atoms with Gasteiger partial charge in [0.1, 0.15) is 0 Å². The van der Waals surface area contributed by atoms with Crippen molar-refractivity contribution in [3.8, 4) is 0 Å². The third-order valence-corrected chi connectivity index (χ3v) is 4.35. The molecule has 0 unspecified atom stereocenters. The van der Waals surface area contributed by atoms with Gasteiger partial charge in [0.15, 0.2) is 9.84 Å². The lowest BCUT2D eigenvalue weighted by molar-refractivity contribution is 0.0601. The molecular formula is C12H18N2O4S. The van der Waals surface area contributed by atoms with Crippen LogP contribution in [0.4, 0.5) is 11.4 Å². The lowest BCUT2D eigenvalue weighted by atomic mass is 10.2. The summed E-state index contributed by atoms with van der Waals surface area (Å²) in [5.41, 5.74) is 7.10. The van der Waals surface area contributed by atoms with E-state index in [2.05, 4.69) is 10.1 Å². The highest BCUT2D eigenvalue weighted by molar-refractivity contribution is 7.91. The molecule has 0 aliphatic heterocycles. The zero-order valence-electron chi connectivity index (χ0n) is 11.0. The van der Waals surface area contributed by atoms with E-state index < -0.39 is 15.8 Å². The van der Waals surface area contributed by atoms with Crippen LogP contribution in [0.1, 0.15) is 17.3 Å². The smallest absolute Gasteiger partial charge is 0.337 e. The molecule has 3 N–H and O–H groups in total. The summed E-state index contributed by atoms with van der Waals surface area (Å²) in [4.78, 5) is 11.3. The fourth-order valence-electron chi connectivity index (χ4n) is 1.45. The van der Waals surface area contributed by atoms with E-state index in [4.69, 9.17) is 5.73 Å². The van der Waals surface area contributed by atoms with Crippen LogP contribution in [-0.2, 0) is 14.6 Å². The summed E-state index contributed by atoms with van der Waals surface area (Å²) in [7, 11) is -1.71. The Hall–Kier alpha value is -1.76. The van der Waals surface area contributed by atoms with Crippen LogP contribution in [0.15, 0.2) is 18.2 Å². The predicted octanol–water partition coefficient (Wildman–Crippen LogP) is 0.902. The van der Waals surface area contributed by atoms with E-state index in [-0.39, 0.29) is 18.1 Å². The van der Waals surface area contributed by atoms with Gasteiger partial charge in [0.2, 0.25) is 0 Å². The van der Waals surface area contributed by atoms with Crippen LogP contribution in [0.25, 0.3) is 0 Å². The van der Waals surface area contributed by atoms with E-state index >= 15 is 0 Å². The fraction of sp³-hybridized carbons (Fsp3) is 0.417. The van der Waals surface area contributed by atoms with Crippen molar-refractivity contribution in [2.75, 3.05) is 36.2 Å². The van der Waals surface area contributed by atoms with Gasteiger partial charge in [-0.2, -0.15) is 0 Å². The van der Waals surface area contributed by atoms with Gasteiger partial charge in [-0.3, -0.25) is 0 Å². The number of nitrogens with two attached hydrogens (primary N) is 1. The number of benzene rings is 1. The van der Waals surface area contributed by atoms with E-state index in [0.717, 1.165) is 0 Å². The van der Waals surface area contributed by atoms with E-state index in [1.165, 1.54) is 13.2 Å². The van der Waals surface area contributed by atoms with Gasteiger partial charge >= 0.3 is 5.97 Å². The molecule has 0 fully saturated rings. The topological polar surface area (TPSA) is 98.5 Å². The van der Waals surface area contributed by atoms with Crippen molar-refractivity contribution in [3.63, 3.8) is 0 Å². The number of sulfone groups is 1. The Kier molecular flexibility index (Phi) is 5.17. The monoisotopic (exact) mass is 286 g/mol. The van der Waals surface area contributed by atoms with Crippen molar-refractivity contribution in [2.45, 2.75) is 6.92 Å². The van der Waals surface area contributed by atoms with Gasteiger partial charge in [0, 0.05) is 12.3 Å². The molecule has 1 aromatic carbocycles.